The van der Waals surface area contributed by atoms with Crippen LogP contribution in [0.2, 0.25) is 0 Å². The molecule has 0 saturated carbocycles. The van der Waals surface area contributed by atoms with E-state index in [1.807, 2.05) is 12.1 Å². The van der Waals surface area contributed by atoms with E-state index in [0.29, 0.717) is 23.1 Å². The first-order valence-corrected chi connectivity index (χ1v) is 5.05. The van der Waals surface area contributed by atoms with Crippen molar-refractivity contribution in [2.24, 2.45) is 0 Å². The Morgan fingerprint density at radius 2 is 1.71 bits per heavy atom. The molecule has 0 atom stereocenters. The monoisotopic (exact) mass is 231 g/mol. The van der Waals surface area contributed by atoms with Crippen molar-refractivity contribution in [3.63, 3.8) is 0 Å². The highest BCUT2D eigenvalue weighted by atomic mass is 16.5. The number of hydrogen-bond donors (Lipinski definition) is 1. The summed E-state index contributed by atoms with van der Waals surface area (Å²) in [6.07, 6.45) is 1.61. The zero-order chi connectivity index (χ0) is 12.3. The van der Waals surface area contributed by atoms with Crippen LogP contribution >= 0.6 is 0 Å². The third-order valence-corrected chi connectivity index (χ3v) is 2.29. The van der Waals surface area contributed by atoms with Crippen molar-refractivity contribution in [3.8, 4) is 22.9 Å². The zero-order valence-corrected chi connectivity index (χ0v) is 9.68. The number of ether oxygens (including phenoxy) is 2. The summed E-state index contributed by atoms with van der Waals surface area (Å²) in [4.78, 5) is 8.31. The van der Waals surface area contributed by atoms with Crippen molar-refractivity contribution in [2.45, 2.75) is 0 Å². The highest BCUT2D eigenvalue weighted by molar-refractivity contribution is 5.61. The molecule has 1 aromatic heterocycles. The Hall–Kier alpha value is -2.30. The summed E-state index contributed by atoms with van der Waals surface area (Å²) in [5.74, 6) is 2.34. The van der Waals surface area contributed by atoms with Crippen LogP contribution in [0.25, 0.3) is 11.4 Å². The summed E-state index contributed by atoms with van der Waals surface area (Å²) < 4.78 is 10.4. The summed E-state index contributed by atoms with van der Waals surface area (Å²) in [5.41, 5.74) is 6.42. The van der Waals surface area contributed by atoms with E-state index in [4.69, 9.17) is 15.2 Å². The average molecular weight is 231 g/mol. The van der Waals surface area contributed by atoms with Gasteiger partial charge in [-0.3, -0.25) is 0 Å². The van der Waals surface area contributed by atoms with Crippen LogP contribution in [-0.4, -0.2) is 24.2 Å². The number of nitrogens with zero attached hydrogens (tertiary/aromatic N) is 2. The lowest BCUT2D eigenvalue weighted by molar-refractivity contribution is 0.394. The van der Waals surface area contributed by atoms with E-state index in [1.165, 1.54) is 0 Å². The molecule has 0 aliphatic carbocycles. The maximum Gasteiger partial charge on any atom is 0.161 e. The van der Waals surface area contributed by atoms with E-state index in [-0.39, 0.29) is 0 Å². The summed E-state index contributed by atoms with van der Waals surface area (Å²) in [7, 11) is 3.19. The van der Waals surface area contributed by atoms with E-state index in [1.54, 1.807) is 32.5 Å². The van der Waals surface area contributed by atoms with Crippen LogP contribution in [0.5, 0.6) is 11.5 Å². The lowest BCUT2D eigenvalue weighted by atomic mass is 10.2. The van der Waals surface area contributed by atoms with E-state index in [0.717, 1.165) is 5.56 Å². The van der Waals surface area contributed by atoms with Gasteiger partial charge in [-0.25, -0.2) is 9.97 Å². The van der Waals surface area contributed by atoms with E-state index >= 15 is 0 Å². The molecule has 17 heavy (non-hydrogen) atoms. The van der Waals surface area contributed by atoms with Crippen molar-refractivity contribution < 1.29 is 9.47 Å². The molecule has 0 aliphatic heterocycles. The molecule has 0 fully saturated rings. The third-order valence-electron chi connectivity index (χ3n) is 2.29. The minimum Gasteiger partial charge on any atom is -0.497 e. The molecule has 2 N–H and O–H groups in total. The number of aromatic nitrogens is 2. The van der Waals surface area contributed by atoms with Gasteiger partial charge >= 0.3 is 0 Å². The molecule has 88 valence electrons. The van der Waals surface area contributed by atoms with Crippen LogP contribution < -0.4 is 15.2 Å². The van der Waals surface area contributed by atoms with Gasteiger partial charge in [0.15, 0.2) is 5.82 Å². The quantitative estimate of drug-likeness (QED) is 0.871. The minimum atomic E-state index is 0.428. The second-order valence-corrected chi connectivity index (χ2v) is 3.41. The number of anilines is 1. The first-order valence-electron chi connectivity index (χ1n) is 5.05. The van der Waals surface area contributed by atoms with Gasteiger partial charge in [0.25, 0.3) is 0 Å². The molecular formula is C12H13N3O2. The molecule has 0 aliphatic rings. The van der Waals surface area contributed by atoms with Gasteiger partial charge in [0.2, 0.25) is 0 Å². The van der Waals surface area contributed by atoms with Crippen molar-refractivity contribution in [1.82, 2.24) is 9.97 Å². The summed E-state index contributed by atoms with van der Waals surface area (Å²) >= 11 is 0. The molecule has 2 aromatic rings. The van der Waals surface area contributed by atoms with Crippen LogP contribution in [0.4, 0.5) is 5.82 Å². The van der Waals surface area contributed by atoms with Gasteiger partial charge < -0.3 is 15.2 Å². The molecule has 1 aromatic carbocycles. The molecule has 2 rings (SSSR count). The maximum atomic E-state index is 5.62. The number of benzene rings is 1. The molecule has 0 amide bonds. The van der Waals surface area contributed by atoms with Gasteiger partial charge in [0.05, 0.1) is 14.2 Å². The number of hydrogen-bond acceptors (Lipinski definition) is 5. The van der Waals surface area contributed by atoms with Gasteiger partial charge in [0.1, 0.15) is 17.3 Å². The molecule has 0 saturated heterocycles. The van der Waals surface area contributed by atoms with Gasteiger partial charge in [-0.05, 0) is 18.2 Å². The van der Waals surface area contributed by atoms with Gasteiger partial charge in [-0.15, -0.1) is 0 Å². The van der Waals surface area contributed by atoms with Gasteiger partial charge in [-0.1, -0.05) is 0 Å². The summed E-state index contributed by atoms with van der Waals surface area (Å²) in [5, 5.41) is 0. The number of nitrogen functional groups attached to an aromatic ring is 1. The summed E-state index contributed by atoms with van der Waals surface area (Å²) in [6.45, 7) is 0. The fourth-order valence-corrected chi connectivity index (χ4v) is 1.45. The highest BCUT2D eigenvalue weighted by Gasteiger charge is 2.06. The zero-order valence-electron chi connectivity index (χ0n) is 9.68. The third kappa shape index (κ3) is 2.44. The normalized spacial score (nSPS) is 10.0. The van der Waals surface area contributed by atoms with E-state index in [2.05, 4.69) is 9.97 Å². The van der Waals surface area contributed by atoms with Crippen molar-refractivity contribution in [1.29, 1.82) is 0 Å². The van der Waals surface area contributed by atoms with Crippen LogP contribution in [0, 0.1) is 0 Å². The molecule has 0 radical (unpaired) electrons. The first kappa shape index (κ1) is 11.2. The van der Waals surface area contributed by atoms with Crippen LogP contribution in [0.3, 0.4) is 0 Å². The Morgan fingerprint density at radius 1 is 1.06 bits per heavy atom. The van der Waals surface area contributed by atoms with Crippen LogP contribution in [0.15, 0.2) is 30.5 Å². The average Bonchev–Trinajstić information content (AvgIpc) is 2.38. The standard InChI is InChI=1S/C12H13N3O2/c1-16-9-5-8(6-10(7-9)17-2)12-14-4-3-11(13)15-12/h3-7H,1-2H3,(H2,13,14,15). The Kier molecular flexibility index (Phi) is 3.09. The molecule has 0 unspecified atom stereocenters. The molecule has 1 heterocycles. The maximum absolute atomic E-state index is 5.62. The fourth-order valence-electron chi connectivity index (χ4n) is 1.45. The second kappa shape index (κ2) is 4.69. The Morgan fingerprint density at radius 3 is 2.24 bits per heavy atom. The number of rotatable bonds is 3. The van der Waals surface area contributed by atoms with Crippen molar-refractivity contribution in [2.75, 3.05) is 20.0 Å². The number of methoxy groups -OCH3 is 2. The lowest BCUT2D eigenvalue weighted by Gasteiger charge is -2.07. The van der Waals surface area contributed by atoms with E-state index in [9.17, 15) is 0 Å². The molecule has 5 nitrogen and oxygen atoms in total. The van der Waals surface area contributed by atoms with Crippen molar-refractivity contribution in [3.05, 3.63) is 30.5 Å². The summed E-state index contributed by atoms with van der Waals surface area (Å²) in [6, 6.07) is 7.09. The lowest BCUT2D eigenvalue weighted by Crippen LogP contribution is -1.95. The predicted octanol–water partition coefficient (Wildman–Crippen LogP) is 1.74. The Bertz CT molecular complexity index is 507. The number of nitrogens with two attached hydrogens (primary N) is 1. The van der Waals surface area contributed by atoms with E-state index < -0.39 is 0 Å². The highest BCUT2D eigenvalue weighted by Crippen LogP contribution is 2.27. The predicted molar refractivity (Wildman–Crippen MR) is 65.0 cm³/mol. The topological polar surface area (TPSA) is 70.3 Å². The minimum absolute atomic E-state index is 0.428. The van der Waals surface area contributed by atoms with Crippen molar-refractivity contribution >= 4 is 5.82 Å². The Labute approximate surface area is 99.2 Å². The first-order chi connectivity index (χ1) is 8.22. The molecule has 0 bridgehead atoms. The van der Waals surface area contributed by atoms with Crippen LogP contribution in [0.1, 0.15) is 0 Å². The molecule has 5 heteroatoms. The van der Waals surface area contributed by atoms with Gasteiger partial charge in [0, 0.05) is 17.8 Å². The van der Waals surface area contributed by atoms with Gasteiger partial charge in [-0.2, -0.15) is 0 Å². The Balaban J connectivity index is 2.50. The molecular weight excluding hydrogens is 218 g/mol. The van der Waals surface area contributed by atoms with Crippen LogP contribution in [-0.2, 0) is 0 Å². The largest absolute Gasteiger partial charge is 0.497 e. The smallest absolute Gasteiger partial charge is 0.161 e. The molecule has 0 spiro atoms. The fraction of sp³-hybridized carbons (Fsp3) is 0.167. The second-order valence-electron chi connectivity index (χ2n) is 3.41. The SMILES string of the molecule is COc1cc(OC)cc(-c2nccc(N)n2)c1.